The summed E-state index contributed by atoms with van der Waals surface area (Å²) in [5.74, 6) is -2.08. The maximum absolute atomic E-state index is 14.0. The third-order valence-corrected chi connectivity index (χ3v) is 4.89. The highest BCUT2D eigenvalue weighted by molar-refractivity contribution is 6.46. The molecule has 4 rings (SSSR count). The average Bonchev–Trinajstić information content (AvgIpc) is 3.32. The first-order chi connectivity index (χ1) is 14.0. The van der Waals surface area contributed by atoms with Gasteiger partial charge in [-0.05, 0) is 42.3 Å². The summed E-state index contributed by atoms with van der Waals surface area (Å²) in [6, 6.07) is 10.0. The van der Waals surface area contributed by atoms with Gasteiger partial charge in [-0.15, -0.1) is 0 Å². The lowest BCUT2D eigenvalue weighted by Gasteiger charge is -2.24. The van der Waals surface area contributed by atoms with E-state index in [4.69, 9.17) is 4.42 Å². The van der Waals surface area contributed by atoms with Crippen molar-refractivity contribution in [2.45, 2.75) is 19.5 Å². The standard InChI is InChI=1S/C22H17FN2O4/c1-13-6-7-14(10-17(13)23)20(26)18-19(15-4-2-8-24-11-15)25(22(28)21(18)27)12-16-5-3-9-29-16/h2-11,19,26H,12H2,1H3. The molecule has 0 radical (unpaired) electrons. The summed E-state index contributed by atoms with van der Waals surface area (Å²) in [5.41, 5.74) is 0.965. The zero-order valence-corrected chi connectivity index (χ0v) is 15.5. The molecule has 29 heavy (non-hydrogen) atoms. The summed E-state index contributed by atoms with van der Waals surface area (Å²) in [6.45, 7) is 1.63. The van der Waals surface area contributed by atoms with Crippen LogP contribution in [-0.4, -0.2) is 26.7 Å². The van der Waals surface area contributed by atoms with E-state index in [-0.39, 0.29) is 17.7 Å². The number of aliphatic hydroxyl groups is 1. The number of pyridine rings is 1. The molecule has 1 unspecified atom stereocenters. The second-order valence-corrected chi connectivity index (χ2v) is 6.76. The van der Waals surface area contributed by atoms with E-state index in [1.807, 2.05) is 0 Å². The number of nitrogens with zero attached hydrogens (tertiary/aromatic N) is 2. The number of furan rings is 1. The second kappa shape index (κ2) is 7.35. The first-order valence-electron chi connectivity index (χ1n) is 8.94. The summed E-state index contributed by atoms with van der Waals surface area (Å²) in [5, 5.41) is 10.9. The predicted octanol–water partition coefficient (Wildman–Crippen LogP) is 3.74. The van der Waals surface area contributed by atoms with Gasteiger partial charge in [0.25, 0.3) is 11.7 Å². The Hall–Kier alpha value is -3.74. The Morgan fingerprint density at radius 1 is 1.24 bits per heavy atom. The molecule has 1 amide bonds. The molecule has 1 N–H and O–H groups in total. The van der Waals surface area contributed by atoms with Crippen LogP contribution in [0.1, 0.15) is 28.5 Å². The molecule has 1 saturated heterocycles. The van der Waals surface area contributed by atoms with Crippen LogP contribution in [0, 0.1) is 12.7 Å². The Bertz CT molecular complexity index is 1110. The number of aromatic nitrogens is 1. The predicted molar refractivity (Wildman–Crippen MR) is 102 cm³/mol. The van der Waals surface area contributed by atoms with Crippen LogP contribution in [0.25, 0.3) is 5.76 Å². The van der Waals surface area contributed by atoms with Crippen LogP contribution >= 0.6 is 0 Å². The molecule has 1 aliphatic heterocycles. The quantitative estimate of drug-likeness (QED) is 0.415. The fourth-order valence-corrected chi connectivity index (χ4v) is 3.39. The van der Waals surface area contributed by atoms with Crippen molar-refractivity contribution in [3.63, 3.8) is 0 Å². The Balaban J connectivity index is 1.87. The molecule has 0 saturated carbocycles. The van der Waals surface area contributed by atoms with E-state index in [9.17, 15) is 19.1 Å². The zero-order valence-electron chi connectivity index (χ0n) is 15.5. The van der Waals surface area contributed by atoms with Gasteiger partial charge < -0.3 is 14.4 Å². The molecule has 1 atom stereocenters. The van der Waals surface area contributed by atoms with Gasteiger partial charge in [0, 0.05) is 18.0 Å². The molecule has 146 valence electrons. The van der Waals surface area contributed by atoms with E-state index < -0.39 is 29.3 Å². The van der Waals surface area contributed by atoms with Gasteiger partial charge in [-0.2, -0.15) is 0 Å². The number of hydrogen-bond acceptors (Lipinski definition) is 5. The molecular formula is C22H17FN2O4. The van der Waals surface area contributed by atoms with Gasteiger partial charge in [-0.25, -0.2) is 4.39 Å². The largest absolute Gasteiger partial charge is 0.507 e. The van der Waals surface area contributed by atoms with Gasteiger partial charge in [0.2, 0.25) is 0 Å². The fourth-order valence-electron chi connectivity index (χ4n) is 3.39. The minimum atomic E-state index is -0.877. The molecule has 1 aliphatic rings. The van der Waals surface area contributed by atoms with Crippen molar-refractivity contribution < 1.29 is 23.5 Å². The molecule has 1 aromatic carbocycles. The summed E-state index contributed by atoms with van der Waals surface area (Å²) in [7, 11) is 0. The Morgan fingerprint density at radius 2 is 2.07 bits per heavy atom. The van der Waals surface area contributed by atoms with Gasteiger partial charge in [-0.3, -0.25) is 14.6 Å². The molecule has 6 nitrogen and oxygen atoms in total. The minimum Gasteiger partial charge on any atom is -0.507 e. The number of carbonyl (C=O) groups is 2. The number of aliphatic hydroxyl groups excluding tert-OH is 1. The van der Waals surface area contributed by atoms with Gasteiger partial charge >= 0.3 is 0 Å². The van der Waals surface area contributed by atoms with Gasteiger partial charge in [-0.1, -0.05) is 18.2 Å². The summed E-state index contributed by atoms with van der Waals surface area (Å²) in [6.07, 6.45) is 4.56. The van der Waals surface area contributed by atoms with Gasteiger partial charge in [0.05, 0.1) is 24.4 Å². The molecule has 0 spiro atoms. The van der Waals surface area contributed by atoms with Crippen molar-refractivity contribution in [2.24, 2.45) is 0 Å². The van der Waals surface area contributed by atoms with Crippen LogP contribution in [0.3, 0.4) is 0 Å². The number of hydrogen-bond donors (Lipinski definition) is 1. The van der Waals surface area contributed by atoms with Crippen molar-refractivity contribution in [2.75, 3.05) is 0 Å². The molecule has 3 aromatic rings. The first-order valence-corrected chi connectivity index (χ1v) is 8.94. The summed E-state index contributed by atoms with van der Waals surface area (Å²) >= 11 is 0. The second-order valence-electron chi connectivity index (χ2n) is 6.76. The van der Waals surface area contributed by atoms with E-state index in [0.29, 0.717) is 16.9 Å². The van der Waals surface area contributed by atoms with Crippen LogP contribution in [0.15, 0.2) is 71.1 Å². The number of ketones is 1. The van der Waals surface area contributed by atoms with Gasteiger partial charge in [0.1, 0.15) is 17.3 Å². The Labute approximate surface area is 165 Å². The smallest absolute Gasteiger partial charge is 0.296 e. The maximum Gasteiger partial charge on any atom is 0.296 e. The van der Waals surface area contributed by atoms with Crippen LogP contribution in [0.5, 0.6) is 0 Å². The van der Waals surface area contributed by atoms with Crippen molar-refractivity contribution in [1.29, 1.82) is 0 Å². The van der Waals surface area contributed by atoms with E-state index in [1.165, 1.54) is 29.5 Å². The van der Waals surface area contributed by atoms with Crippen molar-refractivity contribution in [3.8, 4) is 0 Å². The monoisotopic (exact) mass is 392 g/mol. The molecule has 7 heteroatoms. The highest BCUT2D eigenvalue weighted by Crippen LogP contribution is 2.40. The van der Waals surface area contributed by atoms with E-state index >= 15 is 0 Å². The molecule has 3 heterocycles. The molecule has 0 bridgehead atoms. The topological polar surface area (TPSA) is 83.6 Å². The van der Waals surface area contributed by atoms with E-state index in [0.717, 1.165) is 6.07 Å². The fraction of sp³-hybridized carbons (Fsp3) is 0.136. The van der Waals surface area contributed by atoms with Crippen LogP contribution in [0.2, 0.25) is 0 Å². The Kier molecular flexibility index (Phi) is 4.72. The van der Waals surface area contributed by atoms with E-state index in [2.05, 4.69) is 4.98 Å². The average molecular weight is 392 g/mol. The number of rotatable bonds is 4. The number of amides is 1. The number of likely N-dealkylation sites (tertiary alicyclic amines) is 1. The highest BCUT2D eigenvalue weighted by Gasteiger charge is 2.46. The Morgan fingerprint density at radius 3 is 2.72 bits per heavy atom. The minimum absolute atomic E-state index is 0.0379. The summed E-state index contributed by atoms with van der Waals surface area (Å²) in [4.78, 5) is 31.0. The maximum atomic E-state index is 14.0. The summed E-state index contributed by atoms with van der Waals surface area (Å²) < 4.78 is 19.4. The third kappa shape index (κ3) is 3.31. The lowest BCUT2D eigenvalue weighted by atomic mass is 9.96. The lowest BCUT2D eigenvalue weighted by Crippen LogP contribution is -2.29. The lowest BCUT2D eigenvalue weighted by molar-refractivity contribution is -0.140. The van der Waals surface area contributed by atoms with Gasteiger partial charge in [0.15, 0.2) is 0 Å². The molecular weight excluding hydrogens is 375 g/mol. The van der Waals surface area contributed by atoms with Crippen molar-refractivity contribution in [1.82, 2.24) is 9.88 Å². The molecule has 1 fully saturated rings. The normalized spacial score (nSPS) is 18.4. The van der Waals surface area contributed by atoms with Crippen molar-refractivity contribution in [3.05, 3.63) is 95.0 Å². The van der Waals surface area contributed by atoms with Crippen LogP contribution < -0.4 is 0 Å². The third-order valence-electron chi connectivity index (χ3n) is 4.89. The number of carbonyl (C=O) groups excluding carboxylic acids is 2. The molecule has 0 aliphatic carbocycles. The first kappa shape index (κ1) is 18.6. The number of aryl methyl sites for hydroxylation is 1. The number of Topliss-reactive ketones (excluding diaryl/α,β-unsaturated/α-hetero) is 1. The SMILES string of the molecule is Cc1ccc(C(O)=C2C(=O)C(=O)N(Cc3ccco3)C2c2cccnc2)cc1F. The number of halogens is 1. The van der Waals surface area contributed by atoms with Crippen LogP contribution in [-0.2, 0) is 16.1 Å². The molecule has 2 aromatic heterocycles. The van der Waals surface area contributed by atoms with E-state index in [1.54, 1.807) is 37.4 Å². The number of benzene rings is 1. The highest BCUT2D eigenvalue weighted by atomic mass is 19.1. The van der Waals surface area contributed by atoms with Crippen LogP contribution in [0.4, 0.5) is 4.39 Å². The zero-order chi connectivity index (χ0) is 20.5. The van der Waals surface area contributed by atoms with Crippen molar-refractivity contribution >= 4 is 17.4 Å².